The molecular formula is C25H33N5O2. The Kier molecular flexibility index (Phi) is 6.44. The number of aromatic nitrogens is 4. The van der Waals surface area contributed by atoms with Crippen molar-refractivity contribution in [1.82, 2.24) is 24.9 Å². The van der Waals surface area contributed by atoms with Gasteiger partial charge in [0.15, 0.2) is 0 Å². The van der Waals surface area contributed by atoms with Gasteiger partial charge in [0.25, 0.3) is 11.8 Å². The number of hydrogen-bond donors (Lipinski definition) is 0. The Balaban J connectivity index is 1.66. The van der Waals surface area contributed by atoms with E-state index >= 15 is 0 Å². The highest BCUT2D eigenvalue weighted by atomic mass is 16.4. The predicted octanol–water partition coefficient (Wildman–Crippen LogP) is 4.94. The molecule has 170 valence electrons. The summed E-state index contributed by atoms with van der Waals surface area (Å²) in [6.07, 6.45) is 3.08. The average molecular weight is 436 g/mol. The third-order valence-electron chi connectivity index (χ3n) is 6.00. The van der Waals surface area contributed by atoms with Crippen molar-refractivity contribution in [3.05, 3.63) is 47.5 Å². The minimum absolute atomic E-state index is 0.0916. The Morgan fingerprint density at radius 1 is 1.16 bits per heavy atom. The van der Waals surface area contributed by atoms with Gasteiger partial charge in [-0.1, -0.05) is 33.8 Å². The van der Waals surface area contributed by atoms with Crippen LogP contribution in [0.3, 0.4) is 0 Å². The fraction of sp³-hybridized carbons (Fsp3) is 0.520. The number of rotatable bonds is 6. The van der Waals surface area contributed by atoms with Crippen molar-refractivity contribution in [3.63, 3.8) is 0 Å². The molecule has 1 aliphatic rings. The van der Waals surface area contributed by atoms with Crippen LogP contribution in [-0.2, 0) is 6.42 Å². The summed E-state index contributed by atoms with van der Waals surface area (Å²) in [5, 5.41) is 12.8. The van der Waals surface area contributed by atoms with Gasteiger partial charge in [-0.25, -0.2) is 4.68 Å². The van der Waals surface area contributed by atoms with E-state index in [2.05, 4.69) is 37.9 Å². The molecule has 1 aliphatic heterocycles. The number of hydrogen-bond acceptors (Lipinski definition) is 5. The summed E-state index contributed by atoms with van der Waals surface area (Å²) in [5.41, 5.74) is 3.29. The summed E-state index contributed by atoms with van der Waals surface area (Å²) in [5.74, 6) is 2.64. The lowest BCUT2D eigenvalue weighted by molar-refractivity contribution is 0.0623. The highest BCUT2D eigenvalue weighted by Crippen LogP contribution is 2.25. The predicted molar refractivity (Wildman–Crippen MR) is 124 cm³/mol. The molecule has 0 bridgehead atoms. The van der Waals surface area contributed by atoms with Gasteiger partial charge in [-0.15, -0.1) is 10.2 Å². The number of amides is 1. The Morgan fingerprint density at radius 2 is 1.91 bits per heavy atom. The normalized spacial score (nSPS) is 19.0. The van der Waals surface area contributed by atoms with Gasteiger partial charge in [0.1, 0.15) is 5.69 Å². The van der Waals surface area contributed by atoms with E-state index in [-0.39, 0.29) is 5.91 Å². The SMILES string of the molecule is Cc1nnc(-c2cc(CCC(C)C)n(-c3cccc(C(=O)N4C[C@@H](C)C[C@H](C)C4)c3)n2)o1. The van der Waals surface area contributed by atoms with Crippen molar-refractivity contribution in [2.75, 3.05) is 13.1 Å². The van der Waals surface area contributed by atoms with E-state index in [0.29, 0.717) is 40.8 Å². The fourth-order valence-electron chi connectivity index (χ4n) is 4.54. The molecule has 1 saturated heterocycles. The van der Waals surface area contributed by atoms with E-state index in [1.807, 2.05) is 39.9 Å². The van der Waals surface area contributed by atoms with Gasteiger partial charge in [0.2, 0.25) is 5.89 Å². The van der Waals surface area contributed by atoms with Crippen molar-refractivity contribution >= 4 is 5.91 Å². The van der Waals surface area contributed by atoms with E-state index in [0.717, 1.165) is 37.3 Å². The Bertz CT molecular complexity index is 1070. The minimum Gasteiger partial charge on any atom is -0.420 e. The van der Waals surface area contributed by atoms with Crippen LogP contribution in [0.15, 0.2) is 34.7 Å². The van der Waals surface area contributed by atoms with Gasteiger partial charge in [-0.3, -0.25) is 4.79 Å². The van der Waals surface area contributed by atoms with E-state index in [1.54, 1.807) is 6.92 Å². The zero-order valence-electron chi connectivity index (χ0n) is 19.7. The summed E-state index contributed by atoms with van der Waals surface area (Å²) in [4.78, 5) is 15.3. The van der Waals surface area contributed by atoms with Crippen LogP contribution in [0.5, 0.6) is 0 Å². The van der Waals surface area contributed by atoms with Crippen molar-refractivity contribution in [2.24, 2.45) is 17.8 Å². The first-order chi connectivity index (χ1) is 15.3. The zero-order valence-corrected chi connectivity index (χ0v) is 19.7. The number of aryl methyl sites for hydroxylation is 2. The Hall–Kier alpha value is -2.96. The molecule has 1 fully saturated rings. The molecule has 7 heteroatoms. The van der Waals surface area contributed by atoms with E-state index in [9.17, 15) is 4.79 Å². The maximum Gasteiger partial charge on any atom is 0.268 e. The molecular weight excluding hydrogens is 402 g/mol. The largest absolute Gasteiger partial charge is 0.420 e. The second-order valence-corrected chi connectivity index (χ2v) is 9.70. The number of benzene rings is 1. The van der Waals surface area contributed by atoms with Crippen molar-refractivity contribution in [1.29, 1.82) is 0 Å². The molecule has 4 rings (SSSR count). The number of nitrogens with zero attached hydrogens (tertiary/aromatic N) is 5. The van der Waals surface area contributed by atoms with Crippen molar-refractivity contribution in [3.8, 4) is 17.3 Å². The lowest BCUT2D eigenvalue weighted by Crippen LogP contribution is -2.42. The summed E-state index contributed by atoms with van der Waals surface area (Å²) in [6, 6.07) is 9.78. The topological polar surface area (TPSA) is 77.1 Å². The second kappa shape index (κ2) is 9.27. The maximum atomic E-state index is 13.3. The van der Waals surface area contributed by atoms with Gasteiger partial charge < -0.3 is 9.32 Å². The van der Waals surface area contributed by atoms with Crippen LogP contribution in [-0.4, -0.2) is 43.9 Å². The third kappa shape index (κ3) is 4.92. The first-order valence-electron chi connectivity index (χ1n) is 11.6. The van der Waals surface area contributed by atoms with Gasteiger partial charge in [0, 0.05) is 31.3 Å². The molecule has 2 aromatic heterocycles. The van der Waals surface area contributed by atoms with Crippen LogP contribution in [0, 0.1) is 24.7 Å². The smallest absolute Gasteiger partial charge is 0.268 e. The molecule has 3 aromatic rings. The summed E-state index contributed by atoms with van der Waals surface area (Å²) < 4.78 is 7.51. The lowest BCUT2D eigenvalue weighted by Gasteiger charge is -2.35. The zero-order chi connectivity index (χ0) is 22.8. The molecule has 0 aliphatic carbocycles. The van der Waals surface area contributed by atoms with Crippen LogP contribution in [0.1, 0.15) is 62.5 Å². The minimum atomic E-state index is 0.0916. The molecule has 1 aromatic carbocycles. The summed E-state index contributed by atoms with van der Waals surface area (Å²) in [7, 11) is 0. The first kappa shape index (κ1) is 22.2. The highest BCUT2D eigenvalue weighted by molar-refractivity contribution is 5.94. The van der Waals surface area contributed by atoms with Crippen LogP contribution >= 0.6 is 0 Å². The van der Waals surface area contributed by atoms with E-state index in [4.69, 9.17) is 9.52 Å². The second-order valence-electron chi connectivity index (χ2n) is 9.70. The number of likely N-dealkylation sites (tertiary alicyclic amines) is 1. The number of carbonyl (C=O) groups is 1. The van der Waals surface area contributed by atoms with Crippen LogP contribution in [0.25, 0.3) is 17.3 Å². The van der Waals surface area contributed by atoms with Crippen molar-refractivity contribution < 1.29 is 9.21 Å². The molecule has 0 saturated carbocycles. The maximum absolute atomic E-state index is 13.3. The molecule has 7 nitrogen and oxygen atoms in total. The van der Waals surface area contributed by atoms with E-state index in [1.165, 1.54) is 6.42 Å². The van der Waals surface area contributed by atoms with E-state index < -0.39 is 0 Å². The Morgan fingerprint density at radius 3 is 2.56 bits per heavy atom. The summed E-state index contributed by atoms with van der Waals surface area (Å²) >= 11 is 0. The van der Waals surface area contributed by atoms with Crippen LogP contribution < -0.4 is 0 Å². The van der Waals surface area contributed by atoms with Gasteiger partial charge >= 0.3 is 0 Å². The van der Waals surface area contributed by atoms with Crippen LogP contribution in [0.4, 0.5) is 0 Å². The molecule has 1 amide bonds. The van der Waals surface area contributed by atoms with Gasteiger partial charge in [-0.2, -0.15) is 5.10 Å². The molecule has 0 radical (unpaired) electrons. The first-order valence-corrected chi connectivity index (χ1v) is 11.6. The molecule has 2 atom stereocenters. The molecule has 32 heavy (non-hydrogen) atoms. The van der Waals surface area contributed by atoms with Gasteiger partial charge in [0.05, 0.1) is 5.69 Å². The Labute approximate surface area is 189 Å². The molecule has 0 N–H and O–H groups in total. The molecule has 0 unspecified atom stereocenters. The average Bonchev–Trinajstić information content (AvgIpc) is 3.37. The molecule has 3 heterocycles. The highest BCUT2D eigenvalue weighted by Gasteiger charge is 2.26. The van der Waals surface area contributed by atoms with Gasteiger partial charge in [-0.05, 0) is 61.3 Å². The lowest BCUT2D eigenvalue weighted by atomic mass is 9.91. The fourth-order valence-corrected chi connectivity index (χ4v) is 4.54. The number of carbonyl (C=O) groups excluding carboxylic acids is 1. The summed E-state index contributed by atoms with van der Waals surface area (Å²) in [6.45, 7) is 12.3. The standard InChI is InChI=1S/C25H33N5O2/c1-16(2)9-10-22-13-23(24-27-26-19(5)32-24)28-30(22)21-8-6-7-20(12-21)25(31)29-14-17(3)11-18(4)15-29/h6-8,12-13,16-18H,9-11,14-15H2,1-5H3/t17-,18-/m0/s1. The number of piperidine rings is 1. The van der Waals surface area contributed by atoms with Crippen LogP contribution in [0.2, 0.25) is 0 Å². The quantitative estimate of drug-likeness (QED) is 0.548. The van der Waals surface area contributed by atoms with Crippen molar-refractivity contribution in [2.45, 2.75) is 53.9 Å². The monoisotopic (exact) mass is 435 g/mol. The molecule has 0 spiro atoms. The third-order valence-corrected chi connectivity index (χ3v) is 6.00.